The molecule has 0 unspecified atom stereocenters. The first kappa shape index (κ1) is 28.3. The minimum atomic E-state index is -0.669. The Morgan fingerprint density at radius 3 is 2.39 bits per heavy atom. The van der Waals surface area contributed by atoms with Crippen LogP contribution in [-0.4, -0.2) is 90.6 Å². The molecule has 1 atom stereocenters. The lowest BCUT2D eigenvalue weighted by Gasteiger charge is -2.33. The normalized spacial score (nSPS) is 18.8. The van der Waals surface area contributed by atoms with Gasteiger partial charge in [-0.15, -0.1) is 0 Å². The van der Waals surface area contributed by atoms with Gasteiger partial charge in [0.15, 0.2) is 5.11 Å². The highest BCUT2D eigenvalue weighted by Gasteiger charge is 2.43. The molecule has 10 heteroatoms. The third kappa shape index (κ3) is 7.22. The molecule has 2 aromatic carbocycles. The molecule has 204 valence electrons. The number of hydrogen-bond acceptors (Lipinski definition) is 6. The number of carbonyl (C=O) groups is 2. The topological polar surface area (TPSA) is 68.4 Å². The van der Waals surface area contributed by atoms with E-state index in [1.165, 1.54) is 4.90 Å². The number of amides is 2. The molecule has 38 heavy (non-hydrogen) atoms. The van der Waals surface area contributed by atoms with Crippen molar-refractivity contribution in [1.29, 1.82) is 0 Å². The van der Waals surface area contributed by atoms with E-state index in [0.29, 0.717) is 34.7 Å². The van der Waals surface area contributed by atoms with Crippen molar-refractivity contribution in [2.45, 2.75) is 32.2 Å². The molecule has 0 saturated carbocycles. The van der Waals surface area contributed by atoms with Crippen molar-refractivity contribution >= 4 is 52.1 Å². The minimum absolute atomic E-state index is 0.00561. The number of halogens is 1. The molecule has 2 fully saturated rings. The van der Waals surface area contributed by atoms with E-state index in [1.807, 2.05) is 24.0 Å². The number of carbonyl (C=O) groups excluding carboxylic acids is 2. The first-order valence-corrected chi connectivity index (χ1v) is 14.0. The molecule has 1 N–H and O–H groups in total. The number of hydrogen-bond donors (Lipinski definition) is 1. The molecule has 2 amide bonds. The van der Waals surface area contributed by atoms with Gasteiger partial charge in [0.2, 0.25) is 5.91 Å². The smallest absolute Gasteiger partial charge is 0.256 e. The van der Waals surface area contributed by atoms with Crippen molar-refractivity contribution in [3.05, 3.63) is 53.6 Å². The Labute approximate surface area is 235 Å². The summed E-state index contributed by atoms with van der Waals surface area (Å²) < 4.78 is 5.61. The van der Waals surface area contributed by atoms with Crippen LogP contribution in [-0.2, 0) is 9.59 Å². The lowest BCUT2D eigenvalue weighted by Crippen LogP contribution is -2.45. The molecule has 0 aromatic heterocycles. The van der Waals surface area contributed by atoms with Crippen LogP contribution in [0.15, 0.2) is 48.5 Å². The van der Waals surface area contributed by atoms with Gasteiger partial charge in [-0.2, -0.15) is 0 Å². The summed E-state index contributed by atoms with van der Waals surface area (Å²) in [6.07, 6.45) is 1.78. The van der Waals surface area contributed by atoms with Gasteiger partial charge in [-0.25, -0.2) is 0 Å². The Balaban J connectivity index is 1.43. The van der Waals surface area contributed by atoms with Crippen LogP contribution in [0.4, 0.5) is 11.4 Å². The van der Waals surface area contributed by atoms with Crippen LogP contribution in [0.1, 0.15) is 26.2 Å². The van der Waals surface area contributed by atoms with E-state index >= 15 is 0 Å². The summed E-state index contributed by atoms with van der Waals surface area (Å²) in [4.78, 5) is 34.8. The summed E-state index contributed by atoms with van der Waals surface area (Å²) >= 11 is 11.8. The number of ether oxygens (including phenoxy) is 1. The molecule has 0 spiro atoms. The second-order valence-corrected chi connectivity index (χ2v) is 10.6. The van der Waals surface area contributed by atoms with Crippen LogP contribution in [0.2, 0.25) is 5.02 Å². The monoisotopic (exact) mass is 557 g/mol. The van der Waals surface area contributed by atoms with E-state index in [2.05, 4.69) is 22.2 Å². The second kappa shape index (κ2) is 13.4. The molecule has 2 aromatic rings. The highest BCUT2D eigenvalue weighted by atomic mass is 35.5. The number of nitrogens with zero attached hydrogens (tertiary/aromatic N) is 4. The van der Waals surface area contributed by atoms with Gasteiger partial charge in [-0.1, -0.05) is 18.5 Å². The number of nitrogens with one attached hydrogen (secondary N) is 1. The minimum Gasteiger partial charge on any atom is -0.494 e. The number of likely N-dealkylation sites (N-methyl/N-ethyl adjacent to an activating group) is 1. The number of rotatable bonds is 11. The fourth-order valence-corrected chi connectivity index (χ4v) is 5.23. The predicted molar refractivity (Wildman–Crippen MR) is 156 cm³/mol. The van der Waals surface area contributed by atoms with Crippen LogP contribution in [0.25, 0.3) is 0 Å². The molecule has 4 rings (SSSR count). The fraction of sp³-hybridized carbons (Fsp3) is 0.464. The molecule has 2 heterocycles. The average molecular weight is 558 g/mol. The van der Waals surface area contributed by atoms with Crippen LogP contribution < -0.4 is 15.0 Å². The SMILES string of the molecule is CCCOc1ccc(NC(=O)C[C@@H]2C(=O)N(c3ccc(Cl)cc3)C(=S)N2CCCN2CCN(C)CC2)cc1. The first-order chi connectivity index (χ1) is 18.4. The number of anilines is 2. The molecule has 8 nitrogen and oxygen atoms in total. The third-order valence-corrected chi connectivity index (χ3v) is 7.53. The van der Waals surface area contributed by atoms with Gasteiger partial charge in [0.05, 0.1) is 18.7 Å². The van der Waals surface area contributed by atoms with Gasteiger partial charge in [0.25, 0.3) is 5.91 Å². The van der Waals surface area contributed by atoms with E-state index in [9.17, 15) is 9.59 Å². The zero-order chi connectivity index (χ0) is 27.1. The van der Waals surface area contributed by atoms with E-state index in [4.69, 9.17) is 28.6 Å². The summed E-state index contributed by atoms with van der Waals surface area (Å²) in [5.74, 6) is 0.317. The van der Waals surface area contributed by atoms with E-state index in [-0.39, 0.29) is 18.2 Å². The molecular formula is C28H36ClN5O3S. The largest absolute Gasteiger partial charge is 0.494 e. The summed E-state index contributed by atoms with van der Waals surface area (Å²) in [6, 6.07) is 13.6. The fourth-order valence-electron chi connectivity index (χ4n) is 4.69. The maximum Gasteiger partial charge on any atom is 0.256 e. The Bertz CT molecular complexity index is 1110. The molecule has 2 saturated heterocycles. The second-order valence-electron chi connectivity index (χ2n) is 9.77. The summed E-state index contributed by atoms with van der Waals surface area (Å²) in [6.45, 7) is 8.39. The molecule has 2 aliphatic heterocycles. The quantitative estimate of drug-likeness (QED) is 0.417. The first-order valence-electron chi connectivity index (χ1n) is 13.2. The van der Waals surface area contributed by atoms with Crippen LogP contribution in [0.3, 0.4) is 0 Å². The molecular weight excluding hydrogens is 522 g/mol. The zero-order valence-electron chi connectivity index (χ0n) is 22.1. The molecule has 0 radical (unpaired) electrons. The Morgan fingerprint density at radius 2 is 1.74 bits per heavy atom. The van der Waals surface area contributed by atoms with Gasteiger partial charge in [-0.3, -0.25) is 14.5 Å². The number of benzene rings is 2. The summed E-state index contributed by atoms with van der Waals surface area (Å²) in [7, 11) is 2.14. The van der Waals surface area contributed by atoms with E-state index in [1.54, 1.807) is 36.4 Å². The van der Waals surface area contributed by atoms with Crippen molar-refractivity contribution < 1.29 is 14.3 Å². The maximum atomic E-state index is 13.6. The van der Waals surface area contributed by atoms with E-state index in [0.717, 1.165) is 51.3 Å². The van der Waals surface area contributed by atoms with Gasteiger partial charge >= 0.3 is 0 Å². The van der Waals surface area contributed by atoms with Gasteiger partial charge in [-0.05, 0) is 87.2 Å². The Morgan fingerprint density at radius 1 is 1.05 bits per heavy atom. The van der Waals surface area contributed by atoms with Crippen molar-refractivity contribution in [1.82, 2.24) is 14.7 Å². The van der Waals surface area contributed by atoms with Gasteiger partial charge in [0, 0.05) is 43.4 Å². The van der Waals surface area contributed by atoms with Crippen molar-refractivity contribution in [3.8, 4) is 5.75 Å². The standard InChI is InChI=1S/C28H36ClN5O3S/c1-3-19-37-24-11-7-22(8-12-24)30-26(35)20-25-27(36)34(23-9-5-21(29)6-10-23)28(38)33(25)14-4-13-32-17-15-31(2)16-18-32/h5-12,25H,3-4,13-20H2,1-2H3,(H,30,35)/t25-/m1/s1. The summed E-state index contributed by atoms with van der Waals surface area (Å²) in [5.41, 5.74) is 1.31. The maximum absolute atomic E-state index is 13.6. The average Bonchev–Trinajstić information content (AvgIpc) is 3.14. The molecule has 0 aliphatic carbocycles. The molecule has 2 aliphatic rings. The van der Waals surface area contributed by atoms with E-state index < -0.39 is 6.04 Å². The predicted octanol–water partition coefficient (Wildman–Crippen LogP) is 4.10. The third-order valence-electron chi connectivity index (χ3n) is 6.86. The highest BCUT2D eigenvalue weighted by molar-refractivity contribution is 7.80. The van der Waals surface area contributed by atoms with Crippen molar-refractivity contribution in [3.63, 3.8) is 0 Å². The lowest BCUT2D eigenvalue weighted by molar-refractivity contribution is -0.124. The highest BCUT2D eigenvalue weighted by Crippen LogP contribution is 2.29. The lowest BCUT2D eigenvalue weighted by atomic mass is 10.1. The van der Waals surface area contributed by atoms with Gasteiger partial charge in [0.1, 0.15) is 11.8 Å². The van der Waals surface area contributed by atoms with Crippen molar-refractivity contribution in [2.24, 2.45) is 0 Å². The van der Waals surface area contributed by atoms with Crippen LogP contribution in [0, 0.1) is 0 Å². The zero-order valence-corrected chi connectivity index (χ0v) is 23.6. The number of thiocarbonyl (C=S) groups is 1. The Hall–Kier alpha value is -2.72. The molecule has 0 bridgehead atoms. The van der Waals surface area contributed by atoms with Crippen molar-refractivity contribution in [2.75, 3.05) is 63.1 Å². The summed E-state index contributed by atoms with van der Waals surface area (Å²) in [5, 5.41) is 3.92. The number of piperazine rings is 1. The van der Waals surface area contributed by atoms with Gasteiger partial charge < -0.3 is 24.8 Å². The Kier molecular flexibility index (Phi) is 9.96. The van der Waals surface area contributed by atoms with Crippen LogP contribution in [0.5, 0.6) is 5.75 Å². The van der Waals surface area contributed by atoms with Crippen LogP contribution >= 0.6 is 23.8 Å².